The maximum absolute atomic E-state index is 10.5. The highest BCUT2D eigenvalue weighted by atomic mass is 35.5. The molecule has 5 heteroatoms. The first-order chi connectivity index (χ1) is 4.26. The van der Waals surface area contributed by atoms with Gasteiger partial charge in [0.1, 0.15) is 6.04 Å². The molecule has 4 nitrogen and oxygen atoms in total. The molecular formula is C5H12ClNO3. The van der Waals surface area contributed by atoms with E-state index >= 15 is 0 Å². The Morgan fingerprint density at radius 1 is 1.80 bits per heavy atom. The molecule has 10 heavy (non-hydrogen) atoms. The van der Waals surface area contributed by atoms with E-state index in [1.54, 1.807) is 7.05 Å². The van der Waals surface area contributed by atoms with Gasteiger partial charge in [0.15, 0.2) is 0 Å². The number of aliphatic hydroxyl groups is 1. The van der Waals surface area contributed by atoms with E-state index in [4.69, 9.17) is 5.11 Å². The second-order valence-electron chi connectivity index (χ2n) is 1.55. The first kappa shape index (κ1) is 12.4. The summed E-state index contributed by atoms with van der Waals surface area (Å²) in [6.45, 7) is -0.233. The van der Waals surface area contributed by atoms with Crippen LogP contribution < -0.4 is 5.32 Å². The molecular weight excluding hydrogens is 158 g/mol. The third-order valence-corrected chi connectivity index (χ3v) is 1.02. The minimum atomic E-state index is -0.588. The second kappa shape index (κ2) is 6.80. The van der Waals surface area contributed by atoms with Crippen molar-refractivity contribution in [2.24, 2.45) is 0 Å². The van der Waals surface area contributed by atoms with Gasteiger partial charge in [-0.1, -0.05) is 0 Å². The molecule has 0 saturated carbocycles. The molecule has 0 heterocycles. The summed E-state index contributed by atoms with van der Waals surface area (Å²) in [6.07, 6.45) is 0. The smallest absolute Gasteiger partial charge is 0.325 e. The van der Waals surface area contributed by atoms with Gasteiger partial charge in [0.25, 0.3) is 0 Å². The van der Waals surface area contributed by atoms with Crippen molar-refractivity contribution in [1.82, 2.24) is 5.32 Å². The zero-order valence-corrected chi connectivity index (χ0v) is 6.77. The van der Waals surface area contributed by atoms with Crippen LogP contribution in [0.4, 0.5) is 0 Å². The van der Waals surface area contributed by atoms with E-state index < -0.39 is 12.0 Å². The summed E-state index contributed by atoms with van der Waals surface area (Å²) in [6, 6.07) is -0.588. The van der Waals surface area contributed by atoms with E-state index in [1.807, 2.05) is 0 Å². The molecule has 0 saturated heterocycles. The Balaban J connectivity index is 0. The van der Waals surface area contributed by atoms with Crippen LogP contribution in [0.25, 0.3) is 0 Å². The van der Waals surface area contributed by atoms with Crippen LogP contribution >= 0.6 is 12.4 Å². The van der Waals surface area contributed by atoms with Gasteiger partial charge in [-0.2, -0.15) is 0 Å². The van der Waals surface area contributed by atoms with Gasteiger partial charge in [0.2, 0.25) is 0 Å². The number of esters is 1. The SMILES string of the molecule is CNC(CO)C(=O)OC.Cl. The van der Waals surface area contributed by atoms with Gasteiger partial charge in [-0.15, -0.1) is 12.4 Å². The highest BCUT2D eigenvalue weighted by Crippen LogP contribution is 1.82. The highest BCUT2D eigenvalue weighted by Gasteiger charge is 2.13. The summed E-state index contributed by atoms with van der Waals surface area (Å²) in [4.78, 5) is 10.5. The van der Waals surface area contributed by atoms with Gasteiger partial charge in [-0.3, -0.25) is 4.79 Å². The van der Waals surface area contributed by atoms with Gasteiger partial charge in [0, 0.05) is 0 Å². The molecule has 1 atom stereocenters. The Kier molecular flexibility index (Phi) is 8.40. The molecule has 0 rings (SSSR count). The average Bonchev–Trinajstić information content (AvgIpc) is 1.90. The quantitative estimate of drug-likeness (QED) is 0.541. The second-order valence-corrected chi connectivity index (χ2v) is 1.55. The molecule has 0 amide bonds. The molecule has 0 aromatic rings. The van der Waals surface area contributed by atoms with Crippen molar-refractivity contribution in [2.75, 3.05) is 20.8 Å². The maximum atomic E-state index is 10.5. The number of ether oxygens (including phenoxy) is 1. The minimum Gasteiger partial charge on any atom is -0.468 e. The Labute approximate surface area is 66.0 Å². The lowest BCUT2D eigenvalue weighted by Gasteiger charge is -2.08. The summed E-state index contributed by atoms with van der Waals surface area (Å²) in [5, 5.41) is 11.0. The maximum Gasteiger partial charge on any atom is 0.325 e. The Bertz CT molecular complexity index is 94.9. The number of hydrogen-bond donors (Lipinski definition) is 2. The number of hydrogen-bond acceptors (Lipinski definition) is 4. The molecule has 0 aliphatic heterocycles. The first-order valence-electron chi connectivity index (χ1n) is 2.62. The lowest BCUT2D eigenvalue weighted by Crippen LogP contribution is -2.37. The van der Waals surface area contributed by atoms with Gasteiger partial charge in [-0.25, -0.2) is 0 Å². The van der Waals surface area contributed by atoms with Gasteiger partial charge in [-0.05, 0) is 7.05 Å². The fourth-order valence-corrected chi connectivity index (χ4v) is 0.426. The number of nitrogens with one attached hydrogen (secondary N) is 1. The zero-order valence-electron chi connectivity index (χ0n) is 5.96. The molecule has 0 aliphatic carbocycles. The van der Waals surface area contributed by atoms with Crippen LogP contribution in [0.3, 0.4) is 0 Å². The third-order valence-electron chi connectivity index (χ3n) is 1.02. The van der Waals surface area contributed by atoms with Crippen molar-refractivity contribution in [1.29, 1.82) is 0 Å². The topological polar surface area (TPSA) is 58.6 Å². The van der Waals surface area contributed by atoms with Crippen molar-refractivity contribution in [3.8, 4) is 0 Å². The molecule has 0 radical (unpaired) electrons. The van der Waals surface area contributed by atoms with Crippen LogP contribution in [0.2, 0.25) is 0 Å². The average molecular weight is 170 g/mol. The van der Waals surface area contributed by atoms with E-state index in [0.717, 1.165) is 0 Å². The monoisotopic (exact) mass is 169 g/mol. The lowest BCUT2D eigenvalue weighted by atomic mass is 10.3. The fourth-order valence-electron chi connectivity index (χ4n) is 0.426. The van der Waals surface area contributed by atoms with Crippen LogP contribution in [0, 0.1) is 0 Å². The van der Waals surface area contributed by atoms with E-state index in [1.165, 1.54) is 7.11 Å². The summed E-state index contributed by atoms with van der Waals surface area (Å²) < 4.78 is 4.33. The molecule has 0 aromatic carbocycles. The molecule has 0 bridgehead atoms. The van der Waals surface area contributed by atoms with Crippen LogP contribution in [0.15, 0.2) is 0 Å². The van der Waals surface area contributed by atoms with Crippen molar-refractivity contribution in [2.45, 2.75) is 6.04 Å². The molecule has 2 N–H and O–H groups in total. The molecule has 0 fully saturated rings. The Hall–Kier alpha value is -0.320. The number of carbonyl (C=O) groups is 1. The Morgan fingerprint density at radius 3 is 2.40 bits per heavy atom. The van der Waals surface area contributed by atoms with Crippen LogP contribution in [0.1, 0.15) is 0 Å². The Morgan fingerprint density at radius 2 is 2.30 bits per heavy atom. The van der Waals surface area contributed by atoms with Crippen molar-refractivity contribution in [3.05, 3.63) is 0 Å². The van der Waals surface area contributed by atoms with Crippen LogP contribution in [-0.2, 0) is 9.53 Å². The summed E-state index contributed by atoms with van der Waals surface area (Å²) in [5.74, 6) is -0.444. The summed E-state index contributed by atoms with van der Waals surface area (Å²) in [5.41, 5.74) is 0. The van der Waals surface area contributed by atoms with Gasteiger partial charge in [0.05, 0.1) is 13.7 Å². The number of halogens is 1. The first-order valence-corrected chi connectivity index (χ1v) is 2.62. The predicted octanol–water partition coefficient (Wildman–Crippen LogP) is -0.839. The van der Waals surface area contributed by atoms with Crippen LogP contribution in [0.5, 0.6) is 0 Å². The normalized spacial score (nSPS) is 11.5. The van der Waals surface area contributed by atoms with E-state index in [-0.39, 0.29) is 19.0 Å². The molecule has 1 unspecified atom stereocenters. The standard InChI is InChI=1S/C5H11NO3.ClH/c1-6-4(3-7)5(8)9-2;/h4,6-7H,3H2,1-2H3;1H. The van der Waals surface area contributed by atoms with Crippen molar-refractivity contribution in [3.63, 3.8) is 0 Å². The molecule has 0 spiro atoms. The van der Waals surface area contributed by atoms with Gasteiger partial charge < -0.3 is 15.2 Å². The number of carbonyl (C=O) groups excluding carboxylic acids is 1. The third kappa shape index (κ3) is 3.66. The van der Waals surface area contributed by atoms with Crippen LogP contribution in [-0.4, -0.2) is 37.9 Å². The van der Waals surface area contributed by atoms with Crippen molar-refractivity contribution < 1.29 is 14.6 Å². The molecule has 0 aromatic heterocycles. The number of aliphatic hydroxyl groups excluding tert-OH is 1. The summed E-state index contributed by atoms with van der Waals surface area (Å²) in [7, 11) is 2.86. The van der Waals surface area contributed by atoms with E-state index in [9.17, 15) is 4.79 Å². The number of methoxy groups -OCH3 is 1. The van der Waals surface area contributed by atoms with Gasteiger partial charge >= 0.3 is 5.97 Å². The minimum absolute atomic E-state index is 0. The number of rotatable bonds is 3. The predicted molar refractivity (Wildman–Crippen MR) is 39.2 cm³/mol. The zero-order chi connectivity index (χ0) is 7.28. The van der Waals surface area contributed by atoms with E-state index in [0.29, 0.717) is 0 Å². The summed E-state index contributed by atoms with van der Waals surface area (Å²) >= 11 is 0. The van der Waals surface area contributed by atoms with Crippen molar-refractivity contribution >= 4 is 18.4 Å². The largest absolute Gasteiger partial charge is 0.468 e. The highest BCUT2D eigenvalue weighted by molar-refractivity contribution is 5.85. The fraction of sp³-hybridized carbons (Fsp3) is 0.800. The van der Waals surface area contributed by atoms with E-state index in [2.05, 4.69) is 10.1 Å². The molecule has 0 aliphatic rings. The lowest BCUT2D eigenvalue weighted by molar-refractivity contribution is -0.143. The number of likely N-dealkylation sites (N-methyl/N-ethyl adjacent to an activating group) is 1. The molecule has 62 valence electrons.